The molecule has 0 aliphatic rings. The number of nitrogens with zero attached hydrogens (tertiary/aromatic N) is 2. The molecule has 0 fully saturated rings. The molecular formula is C12H12FN3OS. The van der Waals surface area contributed by atoms with Gasteiger partial charge in [0.25, 0.3) is 0 Å². The third-order valence-corrected chi connectivity index (χ3v) is 2.88. The summed E-state index contributed by atoms with van der Waals surface area (Å²) in [5.41, 5.74) is 0.726. The molecule has 1 aromatic carbocycles. The van der Waals surface area contributed by atoms with Crippen LogP contribution in [0.15, 0.2) is 24.3 Å². The first-order chi connectivity index (χ1) is 8.69. The van der Waals surface area contributed by atoms with Crippen molar-refractivity contribution in [1.29, 1.82) is 0 Å². The van der Waals surface area contributed by atoms with E-state index in [4.69, 9.17) is 0 Å². The van der Waals surface area contributed by atoms with Crippen molar-refractivity contribution >= 4 is 22.6 Å². The highest BCUT2D eigenvalue weighted by molar-refractivity contribution is 7.10. The average molecular weight is 265 g/mol. The lowest BCUT2D eigenvalue weighted by Crippen LogP contribution is -2.10. The molecule has 2 rings (SSSR count). The molecule has 0 aliphatic carbocycles. The molecule has 0 spiro atoms. The van der Waals surface area contributed by atoms with Crippen LogP contribution >= 0.6 is 11.5 Å². The summed E-state index contributed by atoms with van der Waals surface area (Å²) in [6, 6.07) is 5.92. The monoisotopic (exact) mass is 265 g/mol. The topological polar surface area (TPSA) is 54.9 Å². The fraction of sp³-hybridized carbons (Fsp3) is 0.250. The van der Waals surface area contributed by atoms with Gasteiger partial charge in [-0.25, -0.2) is 4.39 Å². The second kappa shape index (κ2) is 5.68. The van der Waals surface area contributed by atoms with Crippen LogP contribution in [0.3, 0.4) is 0 Å². The maximum atomic E-state index is 12.8. The van der Waals surface area contributed by atoms with Crippen molar-refractivity contribution in [3.63, 3.8) is 0 Å². The van der Waals surface area contributed by atoms with Gasteiger partial charge in [0, 0.05) is 23.5 Å². The van der Waals surface area contributed by atoms with Crippen LogP contribution in [0.25, 0.3) is 11.4 Å². The van der Waals surface area contributed by atoms with Gasteiger partial charge in [-0.15, -0.1) is 0 Å². The summed E-state index contributed by atoms with van der Waals surface area (Å²) in [7, 11) is 0. The zero-order chi connectivity index (χ0) is 13.0. The predicted octanol–water partition coefficient (Wildman–Crippen LogP) is 3.08. The Labute approximate surface area is 108 Å². The van der Waals surface area contributed by atoms with Gasteiger partial charge in [0.1, 0.15) is 5.82 Å². The molecule has 18 heavy (non-hydrogen) atoms. The highest BCUT2D eigenvalue weighted by Crippen LogP contribution is 2.21. The van der Waals surface area contributed by atoms with Gasteiger partial charge in [-0.2, -0.15) is 9.36 Å². The average Bonchev–Trinajstić information content (AvgIpc) is 2.78. The van der Waals surface area contributed by atoms with Crippen LogP contribution in [0.5, 0.6) is 0 Å². The van der Waals surface area contributed by atoms with E-state index >= 15 is 0 Å². The fourth-order valence-corrected chi connectivity index (χ4v) is 2.01. The molecule has 0 saturated carbocycles. The molecule has 1 N–H and O–H groups in total. The minimum Gasteiger partial charge on any atom is -0.301 e. The minimum atomic E-state index is -0.301. The Morgan fingerprint density at radius 2 is 2.11 bits per heavy atom. The number of hydrogen-bond donors (Lipinski definition) is 1. The van der Waals surface area contributed by atoms with Crippen molar-refractivity contribution in [2.24, 2.45) is 0 Å². The Hall–Kier alpha value is -1.82. The van der Waals surface area contributed by atoms with E-state index in [1.165, 1.54) is 12.1 Å². The number of nitrogens with one attached hydrogen (secondary N) is 1. The number of amides is 1. The lowest BCUT2D eigenvalue weighted by atomic mass is 10.2. The SMILES string of the molecule is CCCC(=O)Nc1nc(-c2ccc(F)cc2)ns1. The molecule has 0 bridgehead atoms. The maximum absolute atomic E-state index is 12.8. The summed E-state index contributed by atoms with van der Waals surface area (Å²) in [5.74, 6) is 0.122. The number of carbonyl (C=O) groups is 1. The third-order valence-electron chi connectivity index (χ3n) is 2.25. The first kappa shape index (κ1) is 12.6. The summed E-state index contributed by atoms with van der Waals surface area (Å²) >= 11 is 1.12. The van der Waals surface area contributed by atoms with Crippen molar-refractivity contribution in [1.82, 2.24) is 9.36 Å². The maximum Gasteiger partial charge on any atom is 0.226 e. The molecule has 1 heterocycles. The fourth-order valence-electron chi connectivity index (χ4n) is 1.40. The van der Waals surface area contributed by atoms with E-state index in [-0.39, 0.29) is 11.7 Å². The van der Waals surface area contributed by atoms with Gasteiger partial charge in [0.2, 0.25) is 11.0 Å². The molecule has 4 nitrogen and oxygen atoms in total. The number of halogens is 1. The number of aromatic nitrogens is 2. The summed E-state index contributed by atoms with van der Waals surface area (Å²) in [5, 5.41) is 3.14. The van der Waals surface area contributed by atoms with Crippen LogP contribution in [0.1, 0.15) is 19.8 Å². The zero-order valence-corrected chi connectivity index (χ0v) is 10.6. The van der Waals surface area contributed by atoms with Gasteiger partial charge in [-0.3, -0.25) is 4.79 Å². The molecule has 1 amide bonds. The smallest absolute Gasteiger partial charge is 0.226 e. The summed E-state index contributed by atoms with van der Waals surface area (Å²) in [6.07, 6.45) is 1.25. The van der Waals surface area contributed by atoms with Crippen LogP contribution in [-0.4, -0.2) is 15.3 Å². The number of benzene rings is 1. The molecule has 0 atom stereocenters. The third kappa shape index (κ3) is 3.10. The van der Waals surface area contributed by atoms with Gasteiger partial charge in [-0.05, 0) is 30.7 Å². The van der Waals surface area contributed by atoms with Crippen molar-refractivity contribution < 1.29 is 9.18 Å². The van der Waals surface area contributed by atoms with Crippen molar-refractivity contribution in [3.8, 4) is 11.4 Å². The summed E-state index contributed by atoms with van der Waals surface area (Å²) < 4.78 is 16.9. The van der Waals surface area contributed by atoms with Gasteiger partial charge < -0.3 is 5.32 Å². The van der Waals surface area contributed by atoms with E-state index in [0.29, 0.717) is 17.4 Å². The second-order valence-electron chi connectivity index (χ2n) is 3.73. The molecule has 0 unspecified atom stereocenters. The molecule has 6 heteroatoms. The van der Waals surface area contributed by atoms with Crippen LogP contribution < -0.4 is 5.32 Å². The van der Waals surface area contributed by atoms with Gasteiger partial charge in [0.05, 0.1) is 0 Å². The van der Waals surface area contributed by atoms with E-state index < -0.39 is 0 Å². The van der Waals surface area contributed by atoms with Crippen molar-refractivity contribution in [3.05, 3.63) is 30.1 Å². The van der Waals surface area contributed by atoms with Crippen molar-refractivity contribution in [2.45, 2.75) is 19.8 Å². The van der Waals surface area contributed by atoms with Crippen LogP contribution in [-0.2, 0) is 4.79 Å². The van der Waals surface area contributed by atoms with E-state index in [0.717, 1.165) is 23.5 Å². The molecule has 1 aromatic heterocycles. The first-order valence-corrected chi connectivity index (χ1v) is 6.36. The van der Waals surface area contributed by atoms with Crippen LogP contribution in [0, 0.1) is 5.82 Å². The number of rotatable bonds is 4. The van der Waals surface area contributed by atoms with E-state index in [9.17, 15) is 9.18 Å². The van der Waals surface area contributed by atoms with Crippen LogP contribution in [0.2, 0.25) is 0 Å². The van der Waals surface area contributed by atoms with E-state index in [2.05, 4.69) is 14.7 Å². The van der Waals surface area contributed by atoms with Gasteiger partial charge in [0.15, 0.2) is 5.82 Å². The molecule has 0 radical (unpaired) electrons. The number of anilines is 1. The molecule has 94 valence electrons. The Kier molecular flexibility index (Phi) is 3.99. The Morgan fingerprint density at radius 3 is 2.78 bits per heavy atom. The predicted molar refractivity (Wildman–Crippen MR) is 68.8 cm³/mol. The zero-order valence-electron chi connectivity index (χ0n) is 9.81. The lowest BCUT2D eigenvalue weighted by molar-refractivity contribution is -0.116. The standard InChI is InChI=1S/C12H12FN3OS/c1-2-3-10(17)14-12-15-11(16-18-12)8-4-6-9(13)7-5-8/h4-7H,2-3H2,1H3,(H,14,15,16,17). The van der Waals surface area contributed by atoms with Crippen molar-refractivity contribution in [2.75, 3.05) is 5.32 Å². The van der Waals surface area contributed by atoms with Crippen LogP contribution in [0.4, 0.5) is 9.52 Å². The first-order valence-electron chi connectivity index (χ1n) is 5.58. The second-order valence-corrected chi connectivity index (χ2v) is 4.48. The highest BCUT2D eigenvalue weighted by atomic mass is 32.1. The highest BCUT2D eigenvalue weighted by Gasteiger charge is 2.08. The lowest BCUT2D eigenvalue weighted by Gasteiger charge is -1.97. The van der Waals surface area contributed by atoms with E-state index in [1.807, 2.05) is 6.92 Å². The van der Waals surface area contributed by atoms with Gasteiger partial charge in [-0.1, -0.05) is 6.92 Å². The number of hydrogen-bond acceptors (Lipinski definition) is 4. The van der Waals surface area contributed by atoms with Gasteiger partial charge >= 0.3 is 0 Å². The van der Waals surface area contributed by atoms with E-state index in [1.54, 1.807) is 12.1 Å². The largest absolute Gasteiger partial charge is 0.301 e. The molecular weight excluding hydrogens is 253 g/mol. The summed E-state index contributed by atoms with van der Waals surface area (Å²) in [4.78, 5) is 15.6. The minimum absolute atomic E-state index is 0.0701. The Morgan fingerprint density at radius 1 is 1.39 bits per heavy atom. The number of carbonyl (C=O) groups excluding carboxylic acids is 1. The molecule has 2 aromatic rings. The quantitative estimate of drug-likeness (QED) is 0.924. The normalized spacial score (nSPS) is 10.3. The molecule has 0 saturated heterocycles. The Balaban J connectivity index is 2.10. The molecule has 0 aliphatic heterocycles. The Bertz CT molecular complexity index is 539. The summed E-state index contributed by atoms with van der Waals surface area (Å²) in [6.45, 7) is 1.93.